The lowest BCUT2D eigenvalue weighted by molar-refractivity contribution is 0.129. The minimum atomic E-state index is -3.50. The number of anilines is 1. The molecule has 3 rings (SSSR count). The van der Waals surface area contributed by atoms with Crippen LogP contribution in [0.1, 0.15) is 12.8 Å². The lowest BCUT2D eigenvalue weighted by atomic mass is 10.00. The zero-order valence-electron chi connectivity index (χ0n) is 11.4. The maximum atomic E-state index is 12.6. The molecule has 0 bridgehead atoms. The number of fused-ring (bicyclic) bond motifs is 1. The van der Waals surface area contributed by atoms with Crippen LogP contribution >= 0.6 is 0 Å². The van der Waals surface area contributed by atoms with Crippen LogP contribution in [-0.4, -0.2) is 49.1 Å². The van der Waals surface area contributed by atoms with E-state index < -0.39 is 10.0 Å². The summed E-state index contributed by atoms with van der Waals surface area (Å²) in [6.45, 7) is 0.930. The fraction of sp³-hybridized carbons (Fsp3) is 0.615. The van der Waals surface area contributed by atoms with Gasteiger partial charge in [0.1, 0.15) is 10.7 Å². The van der Waals surface area contributed by atoms with Gasteiger partial charge >= 0.3 is 0 Å². The summed E-state index contributed by atoms with van der Waals surface area (Å²) < 4.78 is 26.6. The number of aliphatic hydroxyl groups is 1. The van der Waals surface area contributed by atoms with Gasteiger partial charge < -0.3 is 10.4 Å². The van der Waals surface area contributed by atoms with Gasteiger partial charge in [0.15, 0.2) is 0 Å². The predicted molar refractivity (Wildman–Crippen MR) is 74.8 cm³/mol. The Morgan fingerprint density at radius 2 is 2.15 bits per heavy atom. The van der Waals surface area contributed by atoms with Crippen molar-refractivity contribution in [3.63, 3.8) is 0 Å². The highest BCUT2D eigenvalue weighted by atomic mass is 32.2. The van der Waals surface area contributed by atoms with Gasteiger partial charge in [-0.1, -0.05) is 0 Å². The molecular formula is C13H19N3O3S. The Bertz CT molecular complexity index is 587. The standard InChI is InChI=1S/C13H19N3O3S/c1-14-13-5-3-10(6-15-13)20(18,19)16-7-9-2-4-12(17)11(9)8-16/h3,5-6,9,11-12,17H,2,4,7-8H2,1H3,(H,14,15). The van der Waals surface area contributed by atoms with Gasteiger partial charge in [0.05, 0.1) is 6.10 Å². The van der Waals surface area contributed by atoms with Crippen LogP contribution in [0.3, 0.4) is 0 Å². The summed E-state index contributed by atoms with van der Waals surface area (Å²) in [5.41, 5.74) is 0. The largest absolute Gasteiger partial charge is 0.393 e. The summed E-state index contributed by atoms with van der Waals surface area (Å²) in [7, 11) is -1.76. The maximum Gasteiger partial charge on any atom is 0.244 e. The average molecular weight is 297 g/mol. The van der Waals surface area contributed by atoms with Crippen LogP contribution in [0.5, 0.6) is 0 Å². The van der Waals surface area contributed by atoms with Crippen molar-refractivity contribution in [3.05, 3.63) is 18.3 Å². The first-order valence-electron chi connectivity index (χ1n) is 6.84. The lowest BCUT2D eigenvalue weighted by Crippen LogP contribution is -2.31. The van der Waals surface area contributed by atoms with Gasteiger partial charge in [-0.25, -0.2) is 13.4 Å². The molecule has 0 radical (unpaired) electrons. The van der Waals surface area contributed by atoms with E-state index in [2.05, 4.69) is 10.3 Å². The molecule has 110 valence electrons. The van der Waals surface area contributed by atoms with Gasteiger partial charge in [0, 0.05) is 32.3 Å². The molecule has 2 heterocycles. The van der Waals surface area contributed by atoms with Crippen LogP contribution < -0.4 is 5.32 Å². The van der Waals surface area contributed by atoms with Gasteiger partial charge in [-0.05, 0) is 30.9 Å². The fourth-order valence-corrected chi connectivity index (χ4v) is 4.70. The molecule has 0 amide bonds. The van der Waals surface area contributed by atoms with E-state index in [4.69, 9.17) is 0 Å². The number of nitrogens with zero attached hydrogens (tertiary/aromatic N) is 2. The number of aromatic nitrogens is 1. The number of rotatable bonds is 3. The Hall–Kier alpha value is -1.18. The molecule has 1 aromatic heterocycles. The quantitative estimate of drug-likeness (QED) is 0.849. The first-order chi connectivity index (χ1) is 9.52. The number of hydrogen-bond acceptors (Lipinski definition) is 5. The van der Waals surface area contributed by atoms with Crippen LogP contribution in [0, 0.1) is 11.8 Å². The van der Waals surface area contributed by atoms with Gasteiger partial charge in [-0.15, -0.1) is 0 Å². The first-order valence-corrected chi connectivity index (χ1v) is 8.28. The number of hydrogen-bond donors (Lipinski definition) is 2. The van der Waals surface area contributed by atoms with Crippen molar-refractivity contribution in [2.45, 2.75) is 23.8 Å². The molecule has 3 atom stereocenters. The van der Waals surface area contributed by atoms with Gasteiger partial charge in [0.25, 0.3) is 0 Å². The van der Waals surface area contributed by atoms with E-state index in [0.29, 0.717) is 24.8 Å². The Kier molecular flexibility index (Phi) is 3.43. The van der Waals surface area contributed by atoms with E-state index in [1.807, 2.05) is 0 Å². The normalized spacial score (nSPS) is 30.4. The van der Waals surface area contributed by atoms with E-state index in [9.17, 15) is 13.5 Å². The summed E-state index contributed by atoms with van der Waals surface area (Å²) in [4.78, 5) is 4.27. The third-order valence-corrected chi connectivity index (χ3v) is 6.23. The number of sulfonamides is 1. The molecule has 0 spiro atoms. The molecule has 1 aliphatic carbocycles. The molecule has 2 aliphatic rings. The summed E-state index contributed by atoms with van der Waals surface area (Å²) in [5.74, 6) is 1.02. The van der Waals surface area contributed by atoms with Crippen molar-refractivity contribution in [1.29, 1.82) is 0 Å². The molecular weight excluding hydrogens is 278 g/mol. The SMILES string of the molecule is CNc1ccc(S(=O)(=O)N2CC3CCC(O)C3C2)cn1. The second-order valence-electron chi connectivity index (χ2n) is 5.52. The highest BCUT2D eigenvalue weighted by molar-refractivity contribution is 7.89. The molecule has 3 unspecified atom stereocenters. The average Bonchev–Trinajstić information content (AvgIpc) is 3.02. The van der Waals surface area contributed by atoms with Gasteiger partial charge in [-0.2, -0.15) is 4.31 Å². The summed E-state index contributed by atoms with van der Waals surface area (Å²) in [6.07, 6.45) is 2.73. The number of nitrogens with one attached hydrogen (secondary N) is 1. The van der Waals surface area contributed by atoms with E-state index in [1.54, 1.807) is 19.2 Å². The zero-order chi connectivity index (χ0) is 14.3. The zero-order valence-corrected chi connectivity index (χ0v) is 12.2. The van der Waals surface area contributed by atoms with Crippen molar-refractivity contribution in [3.8, 4) is 0 Å². The van der Waals surface area contributed by atoms with Gasteiger partial charge in [0.2, 0.25) is 10.0 Å². The predicted octanol–water partition coefficient (Wildman–Crippen LogP) is 0.515. The maximum absolute atomic E-state index is 12.6. The monoisotopic (exact) mass is 297 g/mol. The van der Waals surface area contributed by atoms with Crippen LogP contribution in [0.2, 0.25) is 0 Å². The van der Waals surface area contributed by atoms with Crippen molar-refractivity contribution in [2.24, 2.45) is 11.8 Å². The highest BCUT2D eigenvalue weighted by Crippen LogP contribution is 2.39. The summed E-state index contributed by atoms with van der Waals surface area (Å²) in [5, 5.41) is 12.7. The van der Waals surface area contributed by atoms with E-state index in [1.165, 1.54) is 10.5 Å². The Labute approximate surface area is 118 Å². The Balaban J connectivity index is 1.82. The molecule has 7 heteroatoms. The molecule has 1 saturated heterocycles. The second kappa shape index (κ2) is 4.98. The molecule has 1 saturated carbocycles. The third kappa shape index (κ3) is 2.19. The molecule has 2 N–H and O–H groups in total. The van der Waals surface area contributed by atoms with Crippen LogP contribution in [0.4, 0.5) is 5.82 Å². The minimum absolute atomic E-state index is 0.0920. The van der Waals surface area contributed by atoms with Crippen molar-refractivity contribution < 1.29 is 13.5 Å². The van der Waals surface area contributed by atoms with Gasteiger partial charge in [-0.3, -0.25) is 0 Å². The minimum Gasteiger partial charge on any atom is -0.393 e. The third-order valence-electron chi connectivity index (χ3n) is 4.42. The fourth-order valence-electron chi connectivity index (χ4n) is 3.22. The topological polar surface area (TPSA) is 82.5 Å². The molecule has 0 aromatic carbocycles. The number of pyridine rings is 1. The van der Waals surface area contributed by atoms with E-state index in [0.717, 1.165) is 12.8 Å². The van der Waals surface area contributed by atoms with Crippen LogP contribution in [0.25, 0.3) is 0 Å². The molecule has 6 nitrogen and oxygen atoms in total. The molecule has 2 fully saturated rings. The summed E-state index contributed by atoms with van der Waals surface area (Å²) >= 11 is 0. The van der Waals surface area contributed by atoms with E-state index >= 15 is 0 Å². The molecule has 20 heavy (non-hydrogen) atoms. The Morgan fingerprint density at radius 1 is 1.35 bits per heavy atom. The highest BCUT2D eigenvalue weighted by Gasteiger charge is 2.45. The van der Waals surface area contributed by atoms with E-state index in [-0.39, 0.29) is 16.9 Å². The van der Waals surface area contributed by atoms with Crippen LogP contribution in [-0.2, 0) is 10.0 Å². The molecule has 1 aromatic rings. The lowest BCUT2D eigenvalue weighted by Gasteiger charge is -2.18. The second-order valence-corrected chi connectivity index (χ2v) is 7.46. The van der Waals surface area contributed by atoms with Crippen molar-refractivity contribution in [1.82, 2.24) is 9.29 Å². The molecule has 1 aliphatic heterocycles. The Morgan fingerprint density at radius 3 is 2.75 bits per heavy atom. The number of aliphatic hydroxyl groups excluding tert-OH is 1. The smallest absolute Gasteiger partial charge is 0.244 e. The van der Waals surface area contributed by atoms with Crippen molar-refractivity contribution in [2.75, 3.05) is 25.5 Å². The van der Waals surface area contributed by atoms with Crippen molar-refractivity contribution >= 4 is 15.8 Å². The summed E-state index contributed by atoms with van der Waals surface area (Å²) in [6, 6.07) is 3.22. The van der Waals surface area contributed by atoms with Crippen LogP contribution in [0.15, 0.2) is 23.2 Å². The first kappa shape index (κ1) is 13.8.